The third-order valence-corrected chi connectivity index (χ3v) is 13.4. The lowest BCUT2D eigenvalue weighted by Crippen LogP contribution is -2.53. The van der Waals surface area contributed by atoms with Crippen LogP contribution in [0.3, 0.4) is 0 Å². The van der Waals surface area contributed by atoms with Gasteiger partial charge in [0.25, 0.3) is 0 Å². The van der Waals surface area contributed by atoms with Crippen LogP contribution in [-0.2, 0) is 42.8 Å². The second kappa shape index (κ2) is 35.5. The van der Waals surface area contributed by atoms with E-state index in [1.807, 2.05) is 27.7 Å². The quantitative estimate of drug-likeness (QED) is 0.0260. The number of nitrogens with one attached hydrogen (secondary N) is 2. The van der Waals surface area contributed by atoms with Gasteiger partial charge in [-0.2, -0.15) is 0 Å². The fraction of sp³-hybridized carbons (Fsp3) is 0.873. The van der Waals surface area contributed by atoms with E-state index < -0.39 is 17.5 Å². The number of alkyl carbamates (subject to hydrolysis) is 1. The second-order valence-electron chi connectivity index (χ2n) is 22.9. The largest absolute Gasteiger partial charge is 0.447 e. The van der Waals surface area contributed by atoms with Gasteiger partial charge in [0.05, 0.1) is 66.0 Å². The van der Waals surface area contributed by atoms with Crippen LogP contribution in [0.2, 0.25) is 0 Å². The molecule has 0 bridgehead atoms. The summed E-state index contributed by atoms with van der Waals surface area (Å²) < 4.78 is 32.3. The zero-order chi connectivity index (χ0) is 54.9. The molecule has 3 aliphatic carbocycles. The molecule has 0 aromatic rings. The number of imide groups is 1. The lowest BCUT2D eigenvalue weighted by molar-refractivity contribution is -0.117. The minimum Gasteiger partial charge on any atom is -0.447 e. The molecule has 3 aliphatic rings. The number of carbonyl (C=O) groups excluding carboxylic acids is 5. The maximum Gasteiger partial charge on any atom is 0.407 e. The van der Waals surface area contributed by atoms with Crippen molar-refractivity contribution in [1.82, 2.24) is 20.4 Å². The van der Waals surface area contributed by atoms with Crippen LogP contribution in [0.15, 0.2) is 22.4 Å². The van der Waals surface area contributed by atoms with E-state index in [1.165, 1.54) is 24.4 Å². The molecule has 5 unspecified atom stereocenters. The van der Waals surface area contributed by atoms with Gasteiger partial charge >= 0.3 is 12.1 Å². The standard InChI is InChI=1S/C49H87N5O10.C2H3NO.2C2H6/c1-39(51-34-47(8)15-12-14-44(2,3)31-47)54(36-49(10)28-40(30-50-37-55)27-45(4,5)33-49)43(58)53(38-56)35-48(9)16-13-41(29-46(6,7)32-48)52-42(57)64-26-25-63-24-23-62-22-21-61-20-19-60-18-17-59-11;1-3-2-4;2*1-2/h38,40-41,51H,1,12-36H2,2-11H3,(H,52,57);1H3;2*1-2H3. The molecule has 3 fully saturated rings. The number of hydrogen-bond acceptors (Lipinski definition) is 14. The Hall–Kier alpha value is -3.69. The monoisotopic (exact) mass is 1020 g/mol. The van der Waals surface area contributed by atoms with Gasteiger partial charge in [0, 0.05) is 39.8 Å². The van der Waals surface area contributed by atoms with Crippen molar-refractivity contribution >= 4 is 30.7 Å². The zero-order valence-electron chi connectivity index (χ0n) is 47.9. The predicted molar refractivity (Wildman–Crippen MR) is 285 cm³/mol. The van der Waals surface area contributed by atoms with Crippen molar-refractivity contribution in [1.29, 1.82) is 0 Å². The highest BCUT2D eigenvalue weighted by Gasteiger charge is 2.46. The second-order valence-corrected chi connectivity index (χ2v) is 22.9. The molecule has 4 amide bonds. The van der Waals surface area contributed by atoms with Crippen LogP contribution in [0, 0.1) is 38.4 Å². The minimum atomic E-state index is -0.496. The molecule has 3 rings (SSSR count). The highest BCUT2D eigenvalue weighted by molar-refractivity contribution is 5.86. The fourth-order valence-corrected chi connectivity index (χ4v) is 11.7. The average Bonchev–Trinajstić information content (AvgIpc) is 3.43. The first-order valence-electron chi connectivity index (χ1n) is 26.7. The van der Waals surface area contributed by atoms with Gasteiger partial charge in [-0.25, -0.2) is 29.2 Å². The van der Waals surface area contributed by atoms with Gasteiger partial charge in [-0.1, -0.05) is 103 Å². The van der Waals surface area contributed by atoms with Gasteiger partial charge in [-0.3, -0.25) is 14.6 Å². The molecule has 3 saturated carbocycles. The number of nitrogens with zero attached hydrogens (tertiary/aromatic N) is 4. The summed E-state index contributed by atoms with van der Waals surface area (Å²) >= 11 is 0. The Morgan fingerprint density at radius 1 is 0.681 bits per heavy atom. The summed E-state index contributed by atoms with van der Waals surface area (Å²) in [6, 6.07) is -0.538. The van der Waals surface area contributed by atoms with Crippen molar-refractivity contribution in [2.45, 2.75) is 167 Å². The maximum atomic E-state index is 14.9. The van der Waals surface area contributed by atoms with Crippen LogP contribution in [-0.4, -0.2) is 153 Å². The topological polar surface area (TPSA) is 196 Å². The molecular formula is C55H102N6O11. The smallest absolute Gasteiger partial charge is 0.407 e. The molecule has 0 radical (unpaired) electrons. The molecule has 0 heterocycles. The number of ether oxygens (including phenoxy) is 6. The third-order valence-electron chi connectivity index (χ3n) is 13.4. The van der Waals surface area contributed by atoms with Crippen LogP contribution >= 0.6 is 0 Å². The lowest BCUT2D eigenvalue weighted by Gasteiger charge is -2.49. The number of aliphatic imine (C=N–C) groups is 2. The first-order chi connectivity index (χ1) is 34.0. The average molecular weight is 1020 g/mol. The number of methoxy groups -OCH3 is 1. The Morgan fingerprint density at radius 2 is 1.19 bits per heavy atom. The Labute approximate surface area is 436 Å². The van der Waals surface area contributed by atoms with E-state index in [0.717, 1.165) is 51.4 Å². The molecule has 0 aromatic heterocycles. The summed E-state index contributed by atoms with van der Waals surface area (Å²) in [5, 5.41) is 6.66. The van der Waals surface area contributed by atoms with E-state index in [4.69, 9.17) is 33.2 Å². The molecule has 17 heteroatoms. The van der Waals surface area contributed by atoms with Crippen molar-refractivity contribution in [3.8, 4) is 0 Å². The molecule has 0 aliphatic heterocycles. The Balaban J connectivity index is 0.00000591. The Bertz CT molecular complexity index is 1650. The SMILES string of the molecule is C=C(NCC1(C)CCCC(C)(C)C1)N(CC1(C)CC(CN=C=O)CC(C)(C)C1)C(=O)N(C=O)CC1(C)CCC(NC(=O)OCCOCCOCCOCCOCCOC)CC(C)(C)C1.CC.CC.CN=C=O. The highest BCUT2D eigenvalue weighted by atomic mass is 16.6. The van der Waals surface area contributed by atoms with Crippen molar-refractivity contribution in [2.24, 2.45) is 48.4 Å². The van der Waals surface area contributed by atoms with Crippen molar-refractivity contribution in [2.75, 3.05) is 106 Å². The van der Waals surface area contributed by atoms with E-state index in [1.54, 1.807) is 18.1 Å². The maximum absolute atomic E-state index is 14.9. The summed E-state index contributed by atoms with van der Waals surface area (Å²) in [5.74, 6) is 0.669. The molecule has 0 saturated heterocycles. The first kappa shape index (κ1) is 68.3. The molecule has 17 nitrogen and oxygen atoms in total. The van der Waals surface area contributed by atoms with Gasteiger partial charge in [-0.05, 0) is 103 Å². The van der Waals surface area contributed by atoms with Crippen LogP contribution < -0.4 is 10.6 Å². The van der Waals surface area contributed by atoms with E-state index in [9.17, 15) is 19.2 Å². The third kappa shape index (κ3) is 28.7. The van der Waals surface area contributed by atoms with Gasteiger partial charge in [-0.15, -0.1) is 0 Å². The minimum absolute atomic E-state index is 0.0372. The van der Waals surface area contributed by atoms with Crippen LogP contribution in [0.5, 0.6) is 0 Å². The number of amides is 4. The van der Waals surface area contributed by atoms with Gasteiger partial charge in [0.1, 0.15) is 12.4 Å². The van der Waals surface area contributed by atoms with Gasteiger partial charge in [0.15, 0.2) is 0 Å². The zero-order valence-corrected chi connectivity index (χ0v) is 47.9. The van der Waals surface area contributed by atoms with Crippen LogP contribution in [0.25, 0.3) is 0 Å². The highest BCUT2D eigenvalue weighted by Crippen LogP contribution is 2.50. The number of hydrogen-bond donors (Lipinski definition) is 2. The molecule has 0 spiro atoms. The number of carbonyl (C=O) groups is 3. The Morgan fingerprint density at radius 3 is 1.71 bits per heavy atom. The molecule has 418 valence electrons. The van der Waals surface area contributed by atoms with E-state index in [0.29, 0.717) is 97.6 Å². The van der Waals surface area contributed by atoms with Crippen molar-refractivity contribution in [3.05, 3.63) is 12.4 Å². The Kier molecular flexibility index (Phi) is 33.7. The van der Waals surface area contributed by atoms with Crippen molar-refractivity contribution in [3.63, 3.8) is 0 Å². The first-order valence-corrected chi connectivity index (χ1v) is 26.7. The summed E-state index contributed by atoms with van der Waals surface area (Å²) in [5.41, 5.74) is -0.717. The summed E-state index contributed by atoms with van der Waals surface area (Å²) in [7, 11) is 3.02. The van der Waals surface area contributed by atoms with E-state index in [2.05, 4.69) is 89.5 Å². The summed E-state index contributed by atoms with van der Waals surface area (Å²) in [4.78, 5) is 70.8. The predicted octanol–water partition coefficient (Wildman–Crippen LogP) is 10.1. The van der Waals surface area contributed by atoms with Gasteiger partial charge < -0.3 is 39.1 Å². The van der Waals surface area contributed by atoms with E-state index in [-0.39, 0.29) is 58.8 Å². The van der Waals surface area contributed by atoms with E-state index >= 15 is 0 Å². The van der Waals surface area contributed by atoms with Crippen LogP contribution in [0.4, 0.5) is 9.59 Å². The van der Waals surface area contributed by atoms with Crippen LogP contribution in [0.1, 0.15) is 161 Å². The van der Waals surface area contributed by atoms with Crippen molar-refractivity contribution < 1.29 is 52.4 Å². The number of rotatable bonds is 27. The molecule has 5 atom stereocenters. The lowest BCUT2D eigenvalue weighted by atomic mass is 9.60. The number of urea groups is 1. The fourth-order valence-electron chi connectivity index (χ4n) is 11.7. The summed E-state index contributed by atoms with van der Waals surface area (Å²) in [6.45, 7) is 38.4. The summed E-state index contributed by atoms with van der Waals surface area (Å²) in [6.07, 6.45) is 13.1. The molecule has 72 heavy (non-hydrogen) atoms. The normalized spacial score (nSPS) is 24.7. The van der Waals surface area contributed by atoms with Gasteiger partial charge in [0.2, 0.25) is 18.6 Å². The molecule has 2 N–H and O–H groups in total. The molecular weight excluding hydrogens is 921 g/mol. The molecule has 0 aromatic carbocycles. The number of isocyanates is 2.